The molecule has 0 amide bonds. The molecule has 0 saturated heterocycles. The first-order valence-electron chi connectivity index (χ1n) is 7.18. The van der Waals surface area contributed by atoms with Crippen molar-refractivity contribution in [3.63, 3.8) is 0 Å². The van der Waals surface area contributed by atoms with Gasteiger partial charge in [0.15, 0.2) is 0 Å². The molecule has 0 aliphatic carbocycles. The molecule has 1 aliphatic heterocycles. The molecule has 0 N–H and O–H groups in total. The largest absolute Gasteiger partial charge is 0.478 e. The van der Waals surface area contributed by atoms with E-state index in [1.807, 2.05) is 6.92 Å². The Morgan fingerprint density at radius 1 is 1.38 bits per heavy atom. The average molecular weight is 289 g/mol. The second-order valence-corrected chi connectivity index (χ2v) is 5.09. The minimum absolute atomic E-state index is 0.0639. The molecule has 0 saturated carbocycles. The summed E-state index contributed by atoms with van der Waals surface area (Å²) in [7, 11) is 0. The highest BCUT2D eigenvalue weighted by Crippen LogP contribution is 2.29. The average Bonchev–Trinajstić information content (AvgIpc) is 2.93. The third-order valence-electron chi connectivity index (χ3n) is 3.72. The summed E-state index contributed by atoms with van der Waals surface area (Å²) >= 11 is 0. The molecule has 3 rings (SSSR count). The van der Waals surface area contributed by atoms with Crippen molar-refractivity contribution in [1.29, 1.82) is 0 Å². The van der Waals surface area contributed by atoms with E-state index in [1.54, 1.807) is 13.3 Å². The summed E-state index contributed by atoms with van der Waals surface area (Å²) in [6.07, 6.45) is 2.44. The van der Waals surface area contributed by atoms with Gasteiger partial charge in [0.05, 0.1) is 18.3 Å². The molecular weight excluding hydrogens is 270 g/mol. The van der Waals surface area contributed by atoms with E-state index in [-0.39, 0.29) is 6.04 Å². The summed E-state index contributed by atoms with van der Waals surface area (Å²) in [6.45, 7) is 8.06. The maximum Gasteiger partial charge on any atom is 0.233 e. The van der Waals surface area contributed by atoms with Crippen LogP contribution >= 0.6 is 0 Å². The molecule has 112 valence electrons. The summed E-state index contributed by atoms with van der Waals surface area (Å²) < 4.78 is 11.2. The van der Waals surface area contributed by atoms with E-state index in [0.29, 0.717) is 24.3 Å². The number of aryl methyl sites for hydroxylation is 1. The van der Waals surface area contributed by atoms with Crippen molar-refractivity contribution in [1.82, 2.24) is 25.1 Å². The fourth-order valence-electron chi connectivity index (χ4n) is 2.56. The standard InChI is InChI=1S/C14H19N5O2/c1-4-20-14-11-7-19(6-5-12(11)15-8-16-14)9(2)13-18-17-10(3)21-13/h8-9H,4-7H2,1-3H3. The van der Waals surface area contributed by atoms with E-state index in [2.05, 4.69) is 32.0 Å². The molecular formula is C14H19N5O2. The van der Waals surface area contributed by atoms with Gasteiger partial charge in [-0.25, -0.2) is 9.97 Å². The van der Waals surface area contributed by atoms with Gasteiger partial charge in [-0.2, -0.15) is 0 Å². The lowest BCUT2D eigenvalue weighted by Crippen LogP contribution is -2.34. The summed E-state index contributed by atoms with van der Waals surface area (Å²) in [5, 5.41) is 8.02. The molecule has 21 heavy (non-hydrogen) atoms. The SMILES string of the molecule is CCOc1ncnc2c1CN(C(C)c1nnc(C)o1)CC2. The van der Waals surface area contributed by atoms with E-state index in [0.717, 1.165) is 30.8 Å². The Hall–Kier alpha value is -2.02. The highest BCUT2D eigenvalue weighted by molar-refractivity contribution is 5.31. The predicted molar refractivity (Wildman–Crippen MR) is 74.8 cm³/mol. The van der Waals surface area contributed by atoms with E-state index < -0.39 is 0 Å². The number of ether oxygens (including phenoxy) is 1. The zero-order chi connectivity index (χ0) is 14.8. The van der Waals surface area contributed by atoms with Gasteiger partial charge in [-0.05, 0) is 13.8 Å². The van der Waals surface area contributed by atoms with Crippen molar-refractivity contribution in [3.8, 4) is 5.88 Å². The Bertz CT molecular complexity index is 628. The first-order chi connectivity index (χ1) is 10.2. The molecule has 1 aliphatic rings. The highest BCUT2D eigenvalue weighted by atomic mass is 16.5. The monoisotopic (exact) mass is 289 g/mol. The normalized spacial score (nSPS) is 16.5. The fraction of sp³-hybridized carbons (Fsp3) is 0.571. The van der Waals surface area contributed by atoms with Crippen LogP contribution in [0.3, 0.4) is 0 Å². The van der Waals surface area contributed by atoms with Crippen LogP contribution in [-0.4, -0.2) is 38.2 Å². The topological polar surface area (TPSA) is 77.2 Å². The van der Waals surface area contributed by atoms with Gasteiger partial charge in [0.25, 0.3) is 0 Å². The lowest BCUT2D eigenvalue weighted by atomic mass is 10.0. The highest BCUT2D eigenvalue weighted by Gasteiger charge is 2.28. The minimum atomic E-state index is 0.0639. The molecule has 0 bridgehead atoms. The zero-order valence-corrected chi connectivity index (χ0v) is 12.5. The van der Waals surface area contributed by atoms with E-state index >= 15 is 0 Å². The van der Waals surface area contributed by atoms with Crippen LogP contribution < -0.4 is 4.74 Å². The van der Waals surface area contributed by atoms with Crippen LogP contribution in [0, 0.1) is 6.92 Å². The number of fused-ring (bicyclic) bond motifs is 1. The van der Waals surface area contributed by atoms with Gasteiger partial charge < -0.3 is 9.15 Å². The van der Waals surface area contributed by atoms with Crippen molar-refractivity contribution >= 4 is 0 Å². The van der Waals surface area contributed by atoms with Crippen molar-refractivity contribution in [2.75, 3.05) is 13.2 Å². The molecule has 7 nitrogen and oxygen atoms in total. The molecule has 2 aromatic rings. The smallest absolute Gasteiger partial charge is 0.233 e. The van der Waals surface area contributed by atoms with Crippen molar-refractivity contribution in [2.24, 2.45) is 0 Å². The van der Waals surface area contributed by atoms with Crippen LogP contribution in [0.4, 0.5) is 0 Å². The molecule has 1 atom stereocenters. The van der Waals surface area contributed by atoms with Crippen molar-refractivity contribution < 1.29 is 9.15 Å². The molecule has 0 radical (unpaired) electrons. The Balaban J connectivity index is 1.83. The van der Waals surface area contributed by atoms with Gasteiger partial charge >= 0.3 is 0 Å². The fourth-order valence-corrected chi connectivity index (χ4v) is 2.56. The molecule has 0 aromatic carbocycles. The van der Waals surface area contributed by atoms with E-state index in [4.69, 9.17) is 9.15 Å². The van der Waals surface area contributed by atoms with Crippen molar-refractivity contribution in [2.45, 2.75) is 39.8 Å². The number of hydrogen-bond donors (Lipinski definition) is 0. The third-order valence-corrected chi connectivity index (χ3v) is 3.72. The molecule has 7 heteroatoms. The molecule has 3 heterocycles. The van der Waals surface area contributed by atoms with E-state index in [9.17, 15) is 0 Å². The zero-order valence-electron chi connectivity index (χ0n) is 12.5. The summed E-state index contributed by atoms with van der Waals surface area (Å²) in [6, 6.07) is 0.0639. The van der Waals surface area contributed by atoms with Gasteiger partial charge in [0.1, 0.15) is 6.33 Å². The molecule has 0 fully saturated rings. The lowest BCUT2D eigenvalue weighted by molar-refractivity contribution is 0.160. The van der Waals surface area contributed by atoms with Gasteiger partial charge in [0.2, 0.25) is 17.7 Å². The van der Waals surface area contributed by atoms with Gasteiger partial charge in [0, 0.05) is 32.0 Å². The van der Waals surface area contributed by atoms with Crippen LogP contribution in [0.5, 0.6) is 5.88 Å². The second-order valence-electron chi connectivity index (χ2n) is 5.09. The van der Waals surface area contributed by atoms with E-state index in [1.165, 1.54) is 0 Å². The van der Waals surface area contributed by atoms with Crippen LogP contribution in [0.25, 0.3) is 0 Å². The Morgan fingerprint density at radius 2 is 2.24 bits per heavy atom. The van der Waals surface area contributed by atoms with Crippen LogP contribution in [0.1, 0.15) is 42.9 Å². The maximum absolute atomic E-state index is 5.61. The maximum atomic E-state index is 5.61. The molecule has 1 unspecified atom stereocenters. The quantitative estimate of drug-likeness (QED) is 0.847. The Morgan fingerprint density at radius 3 is 2.95 bits per heavy atom. The van der Waals surface area contributed by atoms with Gasteiger partial charge in [-0.3, -0.25) is 4.90 Å². The first kappa shape index (κ1) is 13.9. The van der Waals surface area contributed by atoms with Gasteiger partial charge in [-0.15, -0.1) is 10.2 Å². The van der Waals surface area contributed by atoms with Crippen molar-refractivity contribution in [3.05, 3.63) is 29.4 Å². The first-order valence-corrected chi connectivity index (χ1v) is 7.18. The number of rotatable bonds is 4. The predicted octanol–water partition coefficient (Wildman–Crippen LogP) is 1.69. The molecule has 0 spiro atoms. The third kappa shape index (κ3) is 2.73. The Kier molecular flexibility index (Phi) is 3.83. The minimum Gasteiger partial charge on any atom is -0.478 e. The van der Waals surface area contributed by atoms with Crippen LogP contribution in [0.15, 0.2) is 10.7 Å². The summed E-state index contributed by atoms with van der Waals surface area (Å²) in [5.41, 5.74) is 2.13. The number of aromatic nitrogens is 4. The number of hydrogen-bond acceptors (Lipinski definition) is 7. The van der Waals surface area contributed by atoms with Gasteiger partial charge in [-0.1, -0.05) is 0 Å². The van der Waals surface area contributed by atoms with Crippen LogP contribution in [0.2, 0.25) is 0 Å². The second kappa shape index (κ2) is 5.77. The Labute approximate surface area is 123 Å². The molecule has 2 aromatic heterocycles. The number of nitrogens with zero attached hydrogens (tertiary/aromatic N) is 5. The van der Waals surface area contributed by atoms with Crippen LogP contribution in [-0.2, 0) is 13.0 Å². The lowest BCUT2D eigenvalue weighted by Gasteiger charge is -2.31. The summed E-state index contributed by atoms with van der Waals surface area (Å²) in [4.78, 5) is 10.9. The summed E-state index contributed by atoms with van der Waals surface area (Å²) in [5.74, 6) is 1.92.